The van der Waals surface area contributed by atoms with E-state index in [2.05, 4.69) is 15.5 Å². The van der Waals surface area contributed by atoms with E-state index in [1.807, 2.05) is 43.3 Å². The molecule has 3 aromatic carbocycles. The first kappa shape index (κ1) is 23.4. The molecule has 2 amide bonds. The summed E-state index contributed by atoms with van der Waals surface area (Å²) in [6, 6.07) is 17.8. The Kier molecular flexibility index (Phi) is 4.88. The van der Waals surface area contributed by atoms with E-state index >= 15 is 0 Å². The molecule has 7 rings (SSSR count). The Hall–Kier alpha value is -3.68. The van der Waals surface area contributed by atoms with Crippen molar-refractivity contribution in [3.8, 4) is 5.75 Å². The number of benzene rings is 3. The van der Waals surface area contributed by atoms with Gasteiger partial charge in [0.2, 0.25) is 5.91 Å². The molecule has 2 N–H and O–H groups in total. The van der Waals surface area contributed by atoms with E-state index in [4.69, 9.17) is 16.3 Å². The molecule has 2 saturated heterocycles. The van der Waals surface area contributed by atoms with E-state index in [-0.39, 0.29) is 23.6 Å². The highest BCUT2D eigenvalue weighted by molar-refractivity contribution is 6.31. The molecule has 0 radical (unpaired) electrons. The van der Waals surface area contributed by atoms with Crippen molar-refractivity contribution in [1.29, 1.82) is 0 Å². The van der Waals surface area contributed by atoms with Crippen molar-refractivity contribution in [1.82, 2.24) is 4.90 Å². The lowest BCUT2D eigenvalue weighted by Gasteiger charge is -2.43. The summed E-state index contributed by atoms with van der Waals surface area (Å²) in [4.78, 5) is 45.9. The third kappa shape index (κ3) is 2.56. The Morgan fingerprint density at radius 2 is 1.79 bits per heavy atom. The van der Waals surface area contributed by atoms with Gasteiger partial charge in [-0.2, -0.15) is 0 Å². The van der Waals surface area contributed by atoms with E-state index in [9.17, 15) is 14.4 Å². The van der Waals surface area contributed by atoms with Gasteiger partial charge in [0.15, 0.2) is 5.78 Å². The molecule has 4 atom stereocenters. The van der Waals surface area contributed by atoms with Crippen molar-refractivity contribution >= 4 is 40.6 Å². The van der Waals surface area contributed by atoms with Crippen LogP contribution in [0, 0.1) is 12.8 Å². The Labute approximate surface area is 225 Å². The third-order valence-electron chi connectivity index (χ3n) is 9.02. The quantitative estimate of drug-likeness (QED) is 0.483. The minimum absolute atomic E-state index is 0.205. The topological polar surface area (TPSA) is 87.7 Å². The number of methoxy groups -OCH3 is 1. The van der Waals surface area contributed by atoms with Crippen molar-refractivity contribution in [2.24, 2.45) is 5.92 Å². The average molecular weight is 528 g/mol. The number of nitrogens with one attached hydrogen (secondary N) is 2. The summed E-state index contributed by atoms with van der Waals surface area (Å²) in [5.74, 6) is -1.24. The molecule has 192 valence electrons. The van der Waals surface area contributed by atoms with Crippen LogP contribution in [0.1, 0.15) is 39.9 Å². The minimum atomic E-state index is -1.51. The van der Waals surface area contributed by atoms with Crippen molar-refractivity contribution in [3.63, 3.8) is 0 Å². The molecule has 4 heterocycles. The van der Waals surface area contributed by atoms with Gasteiger partial charge in [0.05, 0.1) is 18.6 Å². The molecule has 4 unspecified atom stereocenters. The number of amides is 2. The highest BCUT2D eigenvalue weighted by Crippen LogP contribution is 2.68. The van der Waals surface area contributed by atoms with Crippen LogP contribution in [0.25, 0.3) is 0 Å². The summed E-state index contributed by atoms with van der Waals surface area (Å²) in [5, 5.41) is 6.64. The standard InChI is InChI=1S/C30H26ClN3O4/c1-16-14-17(31)15-20-25(16)33-28(37)30(20)29(19-9-4-5-10-21(19)32-27(29)36)24(22-11-7-13-34(22)30)26(35)18-8-3-6-12-23(18)38-2/h3-6,8-10,12,14-15,22,24H,7,11,13H2,1-2H3,(H,32,36)(H,33,37). The summed E-state index contributed by atoms with van der Waals surface area (Å²) in [5.41, 5.74) is 0.853. The van der Waals surface area contributed by atoms with Crippen LogP contribution in [0.4, 0.5) is 11.4 Å². The number of carbonyl (C=O) groups is 3. The first-order valence-electron chi connectivity index (χ1n) is 12.8. The van der Waals surface area contributed by atoms with Gasteiger partial charge in [-0.15, -0.1) is 0 Å². The summed E-state index contributed by atoms with van der Waals surface area (Å²) in [7, 11) is 1.53. The fourth-order valence-electron chi connectivity index (χ4n) is 7.83. The van der Waals surface area contributed by atoms with Crippen LogP contribution in [-0.4, -0.2) is 42.2 Å². The maximum Gasteiger partial charge on any atom is 0.251 e. The number of anilines is 2. The molecule has 4 aliphatic heterocycles. The van der Waals surface area contributed by atoms with Gasteiger partial charge < -0.3 is 15.4 Å². The van der Waals surface area contributed by atoms with Crippen molar-refractivity contribution < 1.29 is 19.1 Å². The fourth-order valence-corrected chi connectivity index (χ4v) is 8.10. The molecule has 4 aliphatic rings. The SMILES string of the molecule is COc1ccccc1C(=O)C1C2CCCN2C2(C(=O)Nc3c(C)cc(Cl)cc32)C12C(=O)Nc1ccccc12. The van der Waals surface area contributed by atoms with Crippen molar-refractivity contribution in [3.05, 3.63) is 87.9 Å². The van der Waals surface area contributed by atoms with E-state index < -0.39 is 16.9 Å². The van der Waals surface area contributed by atoms with Crippen LogP contribution in [-0.2, 0) is 20.5 Å². The van der Waals surface area contributed by atoms with Gasteiger partial charge in [-0.25, -0.2) is 0 Å². The van der Waals surface area contributed by atoms with Gasteiger partial charge in [0.1, 0.15) is 16.7 Å². The summed E-state index contributed by atoms with van der Waals surface area (Å²) >= 11 is 6.61. The van der Waals surface area contributed by atoms with Crippen LogP contribution < -0.4 is 15.4 Å². The number of aryl methyl sites for hydroxylation is 1. The Morgan fingerprint density at radius 1 is 1.03 bits per heavy atom. The monoisotopic (exact) mass is 527 g/mol. The van der Waals surface area contributed by atoms with Gasteiger partial charge in [-0.05, 0) is 67.8 Å². The van der Waals surface area contributed by atoms with E-state index in [0.29, 0.717) is 51.8 Å². The zero-order chi connectivity index (χ0) is 26.4. The number of para-hydroxylation sites is 2. The second kappa shape index (κ2) is 7.91. The highest BCUT2D eigenvalue weighted by atomic mass is 35.5. The lowest BCUT2D eigenvalue weighted by Crippen LogP contribution is -2.62. The molecule has 0 aliphatic carbocycles. The second-order valence-corrected chi connectivity index (χ2v) is 11.0. The largest absolute Gasteiger partial charge is 0.496 e. The van der Waals surface area contributed by atoms with Crippen LogP contribution >= 0.6 is 11.6 Å². The van der Waals surface area contributed by atoms with Gasteiger partial charge >= 0.3 is 0 Å². The number of halogens is 1. The number of ketones is 1. The second-order valence-electron chi connectivity index (χ2n) is 10.6. The summed E-state index contributed by atoms with van der Waals surface area (Å²) in [6.45, 7) is 2.48. The normalized spacial score (nSPS) is 28.8. The molecule has 0 bridgehead atoms. The number of hydrogen-bond donors (Lipinski definition) is 2. The molecule has 0 saturated carbocycles. The van der Waals surface area contributed by atoms with Crippen molar-refractivity contribution in [2.45, 2.75) is 36.8 Å². The lowest BCUT2D eigenvalue weighted by molar-refractivity contribution is -0.137. The number of Topliss-reactive ketones (excluding diaryl/α,β-unsaturated/α-hetero) is 1. The smallest absolute Gasteiger partial charge is 0.251 e. The Bertz CT molecular complexity index is 1570. The summed E-state index contributed by atoms with van der Waals surface area (Å²) < 4.78 is 5.58. The zero-order valence-corrected chi connectivity index (χ0v) is 21.8. The number of hydrogen-bond acceptors (Lipinski definition) is 5. The number of ether oxygens (including phenoxy) is 1. The Morgan fingerprint density at radius 3 is 2.61 bits per heavy atom. The molecule has 38 heavy (non-hydrogen) atoms. The first-order chi connectivity index (χ1) is 18.4. The Balaban J connectivity index is 1.61. The number of nitrogens with zero attached hydrogens (tertiary/aromatic N) is 1. The molecular weight excluding hydrogens is 502 g/mol. The molecule has 0 aromatic heterocycles. The van der Waals surface area contributed by atoms with E-state index in [0.717, 1.165) is 12.0 Å². The lowest BCUT2D eigenvalue weighted by atomic mass is 9.57. The molecule has 8 heteroatoms. The van der Waals surface area contributed by atoms with Crippen LogP contribution in [0.3, 0.4) is 0 Å². The average Bonchev–Trinajstić information content (AvgIpc) is 3.63. The predicted octanol–water partition coefficient (Wildman–Crippen LogP) is 4.67. The molecule has 2 spiro atoms. The molecule has 7 nitrogen and oxygen atoms in total. The maximum absolute atomic E-state index is 14.7. The third-order valence-corrected chi connectivity index (χ3v) is 9.24. The molecule has 2 fully saturated rings. The van der Waals surface area contributed by atoms with Crippen LogP contribution in [0.5, 0.6) is 5.75 Å². The number of carbonyl (C=O) groups excluding carboxylic acids is 3. The van der Waals surface area contributed by atoms with E-state index in [1.54, 1.807) is 24.3 Å². The minimum Gasteiger partial charge on any atom is -0.496 e. The molecular formula is C30H26ClN3O4. The first-order valence-corrected chi connectivity index (χ1v) is 13.2. The predicted molar refractivity (Wildman–Crippen MR) is 144 cm³/mol. The van der Waals surface area contributed by atoms with Gasteiger partial charge in [0, 0.05) is 28.0 Å². The van der Waals surface area contributed by atoms with Gasteiger partial charge in [0.25, 0.3) is 5.91 Å². The summed E-state index contributed by atoms with van der Waals surface area (Å²) in [6.07, 6.45) is 1.50. The maximum atomic E-state index is 14.7. The van der Waals surface area contributed by atoms with E-state index in [1.165, 1.54) is 7.11 Å². The van der Waals surface area contributed by atoms with Crippen LogP contribution in [0.15, 0.2) is 60.7 Å². The zero-order valence-electron chi connectivity index (χ0n) is 21.0. The highest BCUT2D eigenvalue weighted by Gasteiger charge is 2.81. The number of rotatable bonds is 3. The van der Waals surface area contributed by atoms with Crippen LogP contribution in [0.2, 0.25) is 5.02 Å². The van der Waals surface area contributed by atoms with Crippen molar-refractivity contribution in [2.75, 3.05) is 24.3 Å². The van der Waals surface area contributed by atoms with Gasteiger partial charge in [-0.1, -0.05) is 41.9 Å². The number of fused-ring (bicyclic) bond motifs is 7. The fraction of sp³-hybridized carbons (Fsp3) is 0.300. The van der Waals surface area contributed by atoms with Gasteiger partial charge in [-0.3, -0.25) is 19.3 Å². The molecule has 3 aromatic rings.